The van der Waals surface area contributed by atoms with E-state index in [-0.39, 0.29) is 6.04 Å². The Hall–Kier alpha value is -2.36. The molecule has 3 rings (SSSR count). The van der Waals surface area contributed by atoms with Crippen LogP contribution in [0.15, 0.2) is 61.2 Å². The molecule has 18 heavy (non-hydrogen) atoms. The van der Waals surface area contributed by atoms with Gasteiger partial charge in [-0.15, -0.1) is 0 Å². The molecule has 0 fully saturated rings. The summed E-state index contributed by atoms with van der Waals surface area (Å²) in [5, 5.41) is 8.61. The lowest BCUT2D eigenvalue weighted by atomic mass is 10.0. The lowest BCUT2D eigenvalue weighted by Gasteiger charge is -2.16. The Bertz CT molecular complexity index is 610. The molecule has 2 aromatic heterocycles. The van der Waals surface area contributed by atoms with E-state index in [2.05, 4.69) is 22.3 Å². The van der Waals surface area contributed by atoms with E-state index in [0.29, 0.717) is 0 Å². The van der Waals surface area contributed by atoms with Crippen molar-refractivity contribution < 1.29 is 0 Å². The van der Waals surface area contributed by atoms with Gasteiger partial charge < -0.3 is 0 Å². The van der Waals surface area contributed by atoms with Crippen LogP contribution in [-0.2, 0) is 7.05 Å². The van der Waals surface area contributed by atoms with Crippen molar-refractivity contribution >= 4 is 0 Å². The first kappa shape index (κ1) is 10.8. The number of hydrogen-bond acceptors (Lipinski definition) is 2. The molecule has 0 N–H and O–H groups in total. The van der Waals surface area contributed by atoms with Crippen LogP contribution in [0.5, 0.6) is 0 Å². The van der Waals surface area contributed by atoms with Crippen LogP contribution in [0.1, 0.15) is 17.2 Å². The predicted molar refractivity (Wildman–Crippen MR) is 69.1 cm³/mol. The van der Waals surface area contributed by atoms with E-state index in [1.807, 2.05) is 59.3 Å². The van der Waals surface area contributed by atoms with Crippen molar-refractivity contribution in [3.63, 3.8) is 0 Å². The zero-order valence-electron chi connectivity index (χ0n) is 10.1. The molecule has 0 amide bonds. The molecule has 0 aliphatic carbocycles. The Balaban J connectivity index is 2.10. The molecule has 0 saturated heterocycles. The maximum atomic E-state index is 4.36. The van der Waals surface area contributed by atoms with Gasteiger partial charge in [0, 0.05) is 31.2 Å². The third-order valence-electron chi connectivity index (χ3n) is 2.95. The first-order chi connectivity index (χ1) is 8.84. The number of aryl methyl sites for hydroxylation is 1. The van der Waals surface area contributed by atoms with E-state index >= 15 is 0 Å². The van der Waals surface area contributed by atoms with E-state index in [9.17, 15) is 0 Å². The maximum absolute atomic E-state index is 4.36. The van der Waals surface area contributed by atoms with Crippen molar-refractivity contribution in [3.8, 4) is 0 Å². The number of aromatic nitrogens is 4. The van der Waals surface area contributed by atoms with Crippen LogP contribution in [0.2, 0.25) is 0 Å². The van der Waals surface area contributed by atoms with Gasteiger partial charge in [0.1, 0.15) is 6.04 Å². The van der Waals surface area contributed by atoms with E-state index < -0.39 is 0 Å². The Labute approximate surface area is 105 Å². The second-order valence-corrected chi connectivity index (χ2v) is 4.25. The van der Waals surface area contributed by atoms with Crippen LogP contribution >= 0.6 is 0 Å². The molecular weight excluding hydrogens is 224 g/mol. The number of benzene rings is 1. The highest BCUT2D eigenvalue weighted by molar-refractivity contribution is 5.29. The van der Waals surface area contributed by atoms with Gasteiger partial charge >= 0.3 is 0 Å². The van der Waals surface area contributed by atoms with Gasteiger partial charge in [0.05, 0.1) is 6.20 Å². The molecular formula is C14H14N4. The van der Waals surface area contributed by atoms with Crippen LogP contribution in [0.4, 0.5) is 0 Å². The summed E-state index contributed by atoms with van der Waals surface area (Å²) < 4.78 is 3.76. The van der Waals surface area contributed by atoms with Gasteiger partial charge in [-0.25, -0.2) is 0 Å². The number of rotatable bonds is 3. The monoisotopic (exact) mass is 238 g/mol. The van der Waals surface area contributed by atoms with Crippen LogP contribution in [0, 0.1) is 0 Å². The third kappa shape index (κ3) is 1.93. The lowest BCUT2D eigenvalue weighted by Crippen LogP contribution is -2.12. The normalized spacial score (nSPS) is 12.5. The summed E-state index contributed by atoms with van der Waals surface area (Å²) >= 11 is 0. The highest BCUT2D eigenvalue weighted by Gasteiger charge is 2.17. The molecule has 0 saturated carbocycles. The van der Waals surface area contributed by atoms with Crippen molar-refractivity contribution in [1.82, 2.24) is 19.6 Å². The molecule has 1 aromatic carbocycles. The number of hydrogen-bond donors (Lipinski definition) is 0. The van der Waals surface area contributed by atoms with Crippen LogP contribution in [0.25, 0.3) is 0 Å². The maximum Gasteiger partial charge on any atom is 0.105 e. The number of nitrogens with zero attached hydrogens (tertiary/aromatic N) is 4. The standard InChI is InChI=1S/C14H14N4/c1-17-11-13(10-16-17)14(18-9-5-8-15-18)12-6-3-2-4-7-12/h2-11,14H,1H3. The minimum Gasteiger partial charge on any atom is -0.275 e. The van der Waals surface area contributed by atoms with E-state index in [0.717, 1.165) is 5.56 Å². The van der Waals surface area contributed by atoms with Gasteiger partial charge in [-0.1, -0.05) is 30.3 Å². The molecule has 90 valence electrons. The first-order valence-corrected chi connectivity index (χ1v) is 5.87. The zero-order chi connectivity index (χ0) is 12.4. The van der Waals surface area contributed by atoms with E-state index in [4.69, 9.17) is 0 Å². The van der Waals surface area contributed by atoms with Crippen molar-refractivity contribution in [1.29, 1.82) is 0 Å². The lowest BCUT2D eigenvalue weighted by molar-refractivity contribution is 0.595. The summed E-state index contributed by atoms with van der Waals surface area (Å²) in [6.45, 7) is 0. The van der Waals surface area contributed by atoms with Crippen molar-refractivity contribution in [3.05, 3.63) is 72.3 Å². The second-order valence-electron chi connectivity index (χ2n) is 4.25. The minimum absolute atomic E-state index is 0.0786. The Morgan fingerprint density at radius 3 is 2.44 bits per heavy atom. The first-order valence-electron chi connectivity index (χ1n) is 5.87. The zero-order valence-corrected chi connectivity index (χ0v) is 10.1. The second kappa shape index (κ2) is 4.49. The van der Waals surface area contributed by atoms with Gasteiger partial charge in [-0.05, 0) is 11.6 Å². The molecule has 0 spiro atoms. The fraction of sp³-hybridized carbons (Fsp3) is 0.143. The highest BCUT2D eigenvalue weighted by atomic mass is 15.3. The summed E-state index contributed by atoms with van der Waals surface area (Å²) in [6.07, 6.45) is 7.69. The Kier molecular flexibility index (Phi) is 2.68. The van der Waals surface area contributed by atoms with E-state index in [1.54, 1.807) is 6.20 Å². The Morgan fingerprint density at radius 1 is 1.00 bits per heavy atom. The van der Waals surface area contributed by atoms with Crippen LogP contribution in [0.3, 0.4) is 0 Å². The van der Waals surface area contributed by atoms with Crippen LogP contribution in [-0.4, -0.2) is 19.6 Å². The molecule has 0 bridgehead atoms. The summed E-state index contributed by atoms with van der Waals surface area (Å²) in [5.74, 6) is 0. The minimum atomic E-state index is 0.0786. The summed E-state index contributed by atoms with van der Waals surface area (Å²) in [6, 6.07) is 12.3. The molecule has 0 aliphatic heterocycles. The van der Waals surface area contributed by atoms with Crippen molar-refractivity contribution in [2.75, 3.05) is 0 Å². The average Bonchev–Trinajstić information content (AvgIpc) is 3.04. The fourth-order valence-corrected chi connectivity index (χ4v) is 2.15. The fourth-order valence-electron chi connectivity index (χ4n) is 2.15. The van der Waals surface area contributed by atoms with E-state index in [1.165, 1.54) is 5.56 Å². The smallest absolute Gasteiger partial charge is 0.105 e. The van der Waals surface area contributed by atoms with Gasteiger partial charge in [-0.3, -0.25) is 9.36 Å². The summed E-state index contributed by atoms with van der Waals surface area (Å²) in [4.78, 5) is 0. The van der Waals surface area contributed by atoms with Gasteiger partial charge in [0.15, 0.2) is 0 Å². The van der Waals surface area contributed by atoms with Crippen molar-refractivity contribution in [2.45, 2.75) is 6.04 Å². The molecule has 1 unspecified atom stereocenters. The summed E-state index contributed by atoms with van der Waals surface area (Å²) in [7, 11) is 1.93. The Morgan fingerprint density at radius 2 is 1.83 bits per heavy atom. The predicted octanol–water partition coefficient (Wildman–Crippen LogP) is 2.25. The van der Waals surface area contributed by atoms with Crippen LogP contribution < -0.4 is 0 Å². The molecule has 2 heterocycles. The molecule has 0 radical (unpaired) electrons. The molecule has 4 nitrogen and oxygen atoms in total. The average molecular weight is 238 g/mol. The quantitative estimate of drug-likeness (QED) is 0.701. The topological polar surface area (TPSA) is 35.6 Å². The highest BCUT2D eigenvalue weighted by Crippen LogP contribution is 2.25. The SMILES string of the molecule is Cn1cc(C(c2ccccc2)n2cccn2)cn1. The van der Waals surface area contributed by atoms with Gasteiger partial charge in [-0.2, -0.15) is 10.2 Å². The third-order valence-corrected chi connectivity index (χ3v) is 2.95. The molecule has 0 aliphatic rings. The molecule has 3 aromatic rings. The largest absolute Gasteiger partial charge is 0.275 e. The molecule has 1 atom stereocenters. The van der Waals surface area contributed by atoms with Gasteiger partial charge in [0.2, 0.25) is 0 Å². The molecule has 4 heteroatoms. The van der Waals surface area contributed by atoms with Crippen molar-refractivity contribution in [2.24, 2.45) is 7.05 Å². The summed E-state index contributed by atoms with van der Waals surface area (Å²) in [5.41, 5.74) is 2.33. The van der Waals surface area contributed by atoms with Gasteiger partial charge in [0.25, 0.3) is 0 Å².